The van der Waals surface area contributed by atoms with Crippen LogP contribution in [-0.4, -0.2) is 10.8 Å². The van der Waals surface area contributed by atoms with E-state index in [1.54, 1.807) is 0 Å². The number of nitrogens with one attached hydrogen (secondary N) is 1. The molecule has 2 aromatic rings. The number of aryl methyl sites for hydroxylation is 2. The Hall–Kier alpha value is -2.69. The molecule has 0 aliphatic carbocycles. The van der Waals surface area contributed by atoms with Crippen LogP contribution in [-0.2, 0) is 0 Å². The largest absolute Gasteiger partial charge is 0.322 e. The summed E-state index contributed by atoms with van der Waals surface area (Å²) < 4.78 is 0. The molecule has 0 aromatic heterocycles. The topological polar surface area (TPSA) is 72.2 Å². The summed E-state index contributed by atoms with van der Waals surface area (Å²) in [6.45, 7) is 3.97. The van der Waals surface area contributed by atoms with E-state index in [2.05, 4.69) is 5.32 Å². The van der Waals surface area contributed by atoms with Crippen molar-refractivity contribution in [2.24, 2.45) is 0 Å². The van der Waals surface area contributed by atoms with Gasteiger partial charge >= 0.3 is 0 Å². The normalized spacial score (nSPS) is 10.1. The van der Waals surface area contributed by atoms with Gasteiger partial charge in [0.05, 0.1) is 4.92 Å². The quantitative estimate of drug-likeness (QED) is 0.685. The molecule has 5 heteroatoms. The van der Waals surface area contributed by atoms with Crippen LogP contribution >= 0.6 is 0 Å². The second-order valence-corrected chi connectivity index (χ2v) is 4.56. The Labute approximate surface area is 116 Å². The average Bonchev–Trinajstić information content (AvgIpc) is 2.43. The zero-order chi connectivity index (χ0) is 14.7. The number of nitrogens with zero attached hydrogens (tertiary/aromatic N) is 1. The van der Waals surface area contributed by atoms with E-state index in [1.165, 1.54) is 24.3 Å². The molecule has 1 amide bonds. The lowest BCUT2D eigenvalue weighted by Crippen LogP contribution is -2.12. The monoisotopic (exact) mass is 270 g/mol. The summed E-state index contributed by atoms with van der Waals surface area (Å²) in [5, 5.41) is 13.3. The van der Waals surface area contributed by atoms with Crippen LogP contribution in [0.5, 0.6) is 0 Å². The van der Waals surface area contributed by atoms with E-state index in [1.807, 2.05) is 32.0 Å². The molecule has 0 spiro atoms. The molecule has 0 heterocycles. The highest BCUT2D eigenvalue weighted by Gasteiger charge is 2.09. The van der Waals surface area contributed by atoms with Crippen molar-refractivity contribution < 1.29 is 9.72 Å². The minimum Gasteiger partial charge on any atom is -0.322 e. The number of nitro groups is 1. The van der Waals surface area contributed by atoms with Crippen molar-refractivity contribution in [3.63, 3.8) is 0 Å². The summed E-state index contributed by atoms with van der Waals surface area (Å²) in [4.78, 5) is 22.1. The van der Waals surface area contributed by atoms with Gasteiger partial charge in [-0.2, -0.15) is 0 Å². The number of carbonyl (C=O) groups is 1. The zero-order valence-corrected chi connectivity index (χ0v) is 11.2. The standard InChI is InChI=1S/C15H14N2O3/c1-10-3-6-13(9-11(10)2)16-15(18)12-4-7-14(8-5-12)17(19)20/h3-9H,1-2H3,(H,16,18). The first kappa shape index (κ1) is 13.7. The minimum atomic E-state index is -0.495. The Morgan fingerprint density at radius 3 is 2.25 bits per heavy atom. The van der Waals surface area contributed by atoms with Gasteiger partial charge in [0.2, 0.25) is 0 Å². The van der Waals surface area contributed by atoms with E-state index < -0.39 is 4.92 Å². The minimum absolute atomic E-state index is 0.0345. The van der Waals surface area contributed by atoms with E-state index in [-0.39, 0.29) is 11.6 Å². The fourth-order valence-corrected chi connectivity index (χ4v) is 1.76. The zero-order valence-electron chi connectivity index (χ0n) is 11.2. The van der Waals surface area contributed by atoms with Crippen molar-refractivity contribution in [2.75, 3.05) is 5.32 Å². The van der Waals surface area contributed by atoms with Gasteiger partial charge in [0, 0.05) is 23.4 Å². The van der Waals surface area contributed by atoms with Gasteiger partial charge < -0.3 is 5.32 Å². The second kappa shape index (κ2) is 5.52. The molecule has 0 saturated carbocycles. The lowest BCUT2D eigenvalue weighted by molar-refractivity contribution is -0.384. The van der Waals surface area contributed by atoms with Gasteiger partial charge in [0.1, 0.15) is 0 Å². The molecule has 0 aliphatic heterocycles. The Morgan fingerprint density at radius 1 is 1.05 bits per heavy atom. The van der Waals surface area contributed by atoms with Crippen molar-refractivity contribution in [1.82, 2.24) is 0 Å². The summed E-state index contributed by atoms with van der Waals surface area (Å²) in [5.74, 6) is -0.289. The number of anilines is 1. The first-order valence-corrected chi connectivity index (χ1v) is 6.10. The van der Waals surface area contributed by atoms with Gasteiger partial charge in [0.15, 0.2) is 0 Å². The summed E-state index contributed by atoms with van der Waals surface area (Å²) in [5.41, 5.74) is 3.29. The summed E-state index contributed by atoms with van der Waals surface area (Å²) >= 11 is 0. The summed E-state index contributed by atoms with van der Waals surface area (Å²) in [6, 6.07) is 11.2. The third-order valence-corrected chi connectivity index (χ3v) is 3.11. The van der Waals surface area contributed by atoms with Gasteiger partial charge in [0.25, 0.3) is 11.6 Å². The molecule has 0 radical (unpaired) electrons. The SMILES string of the molecule is Cc1ccc(NC(=O)c2ccc([N+](=O)[O-])cc2)cc1C. The van der Waals surface area contributed by atoms with E-state index in [4.69, 9.17) is 0 Å². The predicted octanol–water partition coefficient (Wildman–Crippen LogP) is 3.46. The molecule has 0 saturated heterocycles. The molecular formula is C15H14N2O3. The fourth-order valence-electron chi connectivity index (χ4n) is 1.76. The van der Waals surface area contributed by atoms with Crippen LogP contribution in [0.1, 0.15) is 21.5 Å². The third kappa shape index (κ3) is 3.00. The Balaban J connectivity index is 2.15. The molecule has 0 bridgehead atoms. The molecule has 0 aliphatic rings. The van der Waals surface area contributed by atoms with Gasteiger partial charge in [-0.15, -0.1) is 0 Å². The number of hydrogen-bond donors (Lipinski definition) is 1. The van der Waals surface area contributed by atoms with Crippen LogP contribution in [0.15, 0.2) is 42.5 Å². The highest BCUT2D eigenvalue weighted by Crippen LogP contribution is 2.16. The number of nitro benzene ring substituents is 1. The maximum Gasteiger partial charge on any atom is 0.269 e. The van der Waals surface area contributed by atoms with Crippen LogP contribution in [0.2, 0.25) is 0 Å². The molecule has 2 rings (SSSR count). The number of non-ortho nitro benzene ring substituents is 1. The average molecular weight is 270 g/mol. The summed E-state index contributed by atoms with van der Waals surface area (Å²) in [6.07, 6.45) is 0. The highest BCUT2D eigenvalue weighted by molar-refractivity contribution is 6.04. The van der Waals surface area contributed by atoms with Gasteiger partial charge in [-0.25, -0.2) is 0 Å². The van der Waals surface area contributed by atoms with Crippen LogP contribution in [0.4, 0.5) is 11.4 Å². The first-order chi connectivity index (χ1) is 9.47. The molecule has 0 fully saturated rings. The smallest absolute Gasteiger partial charge is 0.269 e. The number of rotatable bonds is 3. The third-order valence-electron chi connectivity index (χ3n) is 3.11. The maximum atomic E-state index is 12.0. The Morgan fingerprint density at radius 2 is 1.70 bits per heavy atom. The number of benzene rings is 2. The van der Waals surface area contributed by atoms with Crippen LogP contribution in [0, 0.1) is 24.0 Å². The molecule has 102 valence electrons. The van der Waals surface area contributed by atoms with Gasteiger partial charge in [-0.1, -0.05) is 6.07 Å². The highest BCUT2D eigenvalue weighted by atomic mass is 16.6. The molecule has 0 unspecified atom stereocenters. The first-order valence-electron chi connectivity index (χ1n) is 6.10. The molecule has 2 aromatic carbocycles. The maximum absolute atomic E-state index is 12.0. The number of amides is 1. The fraction of sp³-hybridized carbons (Fsp3) is 0.133. The number of carbonyl (C=O) groups excluding carboxylic acids is 1. The van der Waals surface area contributed by atoms with E-state index in [0.29, 0.717) is 11.3 Å². The van der Waals surface area contributed by atoms with Gasteiger partial charge in [-0.3, -0.25) is 14.9 Å². The number of hydrogen-bond acceptors (Lipinski definition) is 3. The van der Waals surface area contributed by atoms with Crippen molar-refractivity contribution in [3.05, 3.63) is 69.3 Å². The van der Waals surface area contributed by atoms with Crippen LogP contribution in [0.3, 0.4) is 0 Å². The molecule has 20 heavy (non-hydrogen) atoms. The molecule has 5 nitrogen and oxygen atoms in total. The van der Waals surface area contributed by atoms with Gasteiger partial charge in [-0.05, 0) is 49.2 Å². The van der Waals surface area contributed by atoms with Crippen molar-refractivity contribution in [1.29, 1.82) is 0 Å². The Bertz CT molecular complexity index is 663. The molecular weight excluding hydrogens is 256 g/mol. The van der Waals surface area contributed by atoms with Crippen LogP contribution in [0.25, 0.3) is 0 Å². The molecule has 1 N–H and O–H groups in total. The summed E-state index contributed by atoms with van der Waals surface area (Å²) in [7, 11) is 0. The predicted molar refractivity (Wildman–Crippen MR) is 77.0 cm³/mol. The van der Waals surface area contributed by atoms with E-state index in [9.17, 15) is 14.9 Å². The second-order valence-electron chi connectivity index (χ2n) is 4.56. The van der Waals surface area contributed by atoms with E-state index in [0.717, 1.165) is 11.1 Å². The lowest BCUT2D eigenvalue weighted by atomic mass is 10.1. The van der Waals surface area contributed by atoms with Crippen molar-refractivity contribution in [2.45, 2.75) is 13.8 Å². The Kier molecular flexibility index (Phi) is 3.79. The van der Waals surface area contributed by atoms with Crippen molar-refractivity contribution in [3.8, 4) is 0 Å². The van der Waals surface area contributed by atoms with Crippen molar-refractivity contribution >= 4 is 17.3 Å². The lowest BCUT2D eigenvalue weighted by Gasteiger charge is -2.07. The molecule has 0 atom stereocenters. The van der Waals surface area contributed by atoms with Crippen LogP contribution < -0.4 is 5.32 Å². The van der Waals surface area contributed by atoms with E-state index >= 15 is 0 Å².